The molecular formula is C26H30N2O6. The molecule has 0 atom stereocenters. The van der Waals surface area contributed by atoms with Crippen molar-refractivity contribution in [2.45, 2.75) is 32.9 Å². The fourth-order valence-corrected chi connectivity index (χ4v) is 4.68. The smallest absolute Gasteiger partial charge is 0.349 e. The molecule has 0 radical (unpaired) electrons. The van der Waals surface area contributed by atoms with Crippen LogP contribution in [-0.2, 0) is 45.2 Å². The number of hydroxylamine groups is 2. The fourth-order valence-electron chi connectivity index (χ4n) is 4.68. The van der Waals surface area contributed by atoms with Gasteiger partial charge in [0, 0.05) is 38.9 Å². The van der Waals surface area contributed by atoms with Gasteiger partial charge in [0.05, 0.1) is 18.8 Å². The minimum Gasteiger partial charge on any atom is -0.490 e. The van der Waals surface area contributed by atoms with Crippen molar-refractivity contribution in [1.82, 2.24) is 5.06 Å². The highest BCUT2D eigenvalue weighted by atomic mass is 16.7. The maximum atomic E-state index is 11.9. The molecule has 0 amide bonds. The highest BCUT2D eigenvalue weighted by molar-refractivity contribution is 5.90. The molecule has 0 spiro atoms. The summed E-state index contributed by atoms with van der Waals surface area (Å²) in [6.45, 7) is 6.02. The van der Waals surface area contributed by atoms with E-state index in [0.29, 0.717) is 32.7 Å². The third-order valence-electron chi connectivity index (χ3n) is 6.17. The Morgan fingerprint density at radius 2 is 1.91 bits per heavy atom. The molecule has 0 saturated heterocycles. The number of hydrogen-bond acceptors (Lipinski definition) is 7. The maximum Gasteiger partial charge on any atom is 0.349 e. The van der Waals surface area contributed by atoms with Gasteiger partial charge in [-0.05, 0) is 53.6 Å². The first-order chi connectivity index (χ1) is 16.4. The number of methoxy groups -OCH3 is 1. The van der Waals surface area contributed by atoms with Crippen LogP contribution >= 0.6 is 0 Å². The largest absolute Gasteiger partial charge is 0.490 e. The van der Waals surface area contributed by atoms with Gasteiger partial charge in [0.15, 0.2) is 0 Å². The van der Waals surface area contributed by atoms with Crippen LogP contribution in [0.25, 0.3) is 0 Å². The Balaban J connectivity index is 1.52. The Labute approximate surface area is 199 Å². The number of anilines is 1. The average Bonchev–Trinajstić information content (AvgIpc) is 3.01. The van der Waals surface area contributed by atoms with Crippen LogP contribution in [0.3, 0.4) is 0 Å². The predicted octanol–water partition coefficient (Wildman–Crippen LogP) is 3.04. The number of carboxylic acids is 1. The number of hydrogen-bond donors (Lipinski definition) is 1. The molecule has 1 N–H and O–H groups in total. The quantitative estimate of drug-likeness (QED) is 0.623. The summed E-state index contributed by atoms with van der Waals surface area (Å²) < 4.78 is 11.3. The van der Waals surface area contributed by atoms with Gasteiger partial charge in [0.2, 0.25) is 0 Å². The lowest BCUT2D eigenvalue weighted by molar-refractivity contribution is -0.183. The lowest BCUT2D eigenvalue weighted by atomic mass is 9.94. The lowest BCUT2D eigenvalue weighted by Crippen LogP contribution is -2.33. The molecule has 2 aliphatic heterocycles. The van der Waals surface area contributed by atoms with Crippen LogP contribution in [0.1, 0.15) is 27.8 Å². The SMILES string of the molecule is COCc1cccc(CN2CCOc3cc4c(c(C)c32)CCN(OC(=O)/C=C/C(=O)O)CC4)c1. The van der Waals surface area contributed by atoms with E-state index in [-0.39, 0.29) is 0 Å². The zero-order valence-electron chi connectivity index (χ0n) is 19.6. The number of nitrogens with zero attached hydrogens (tertiary/aromatic N) is 2. The van der Waals surface area contributed by atoms with Crippen molar-refractivity contribution < 1.29 is 29.0 Å². The Kier molecular flexibility index (Phi) is 7.49. The number of aliphatic carboxylic acids is 1. The molecule has 2 aromatic rings. The second-order valence-corrected chi connectivity index (χ2v) is 8.52. The van der Waals surface area contributed by atoms with Gasteiger partial charge in [-0.25, -0.2) is 9.59 Å². The Hall–Kier alpha value is -3.36. The first-order valence-corrected chi connectivity index (χ1v) is 11.4. The van der Waals surface area contributed by atoms with Crippen molar-refractivity contribution in [3.8, 4) is 5.75 Å². The first kappa shape index (κ1) is 23.8. The number of carboxylic acid groups (broad SMARTS) is 1. The zero-order valence-corrected chi connectivity index (χ0v) is 19.6. The molecule has 0 aromatic heterocycles. The number of benzene rings is 2. The minimum atomic E-state index is -1.18. The van der Waals surface area contributed by atoms with Crippen molar-refractivity contribution in [3.63, 3.8) is 0 Å². The van der Waals surface area contributed by atoms with Gasteiger partial charge in [-0.3, -0.25) is 0 Å². The van der Waals surface area contributed by atoms with Crippen LogP contribution in [-0.4, -0.2) is 55.5 Å². The standard InChI is InChI=1S/C26H30N2O6/c1-18-22-9-11-28(34-25(31)7-6-24(29)30)10-8-21(22)15-23-26(18)27(12-13-33-23)16-19-4-3-5-20(14-19)17-32-2/h3-7,14-15H,8-13,16-17H2,1-2H3,(H,29,30)/b7-6+. The summed E-state index contributed by atoms with van der Waals surface area (Å²) in [6.07, 6.45) is 3.14. The molecule has 0 saturated carbocycles. The fraction of sp³-hybridized carbons (Fsp3) is 0.385. The minimum absolute atomic E-state index is 0.536. The monoisotopic (exact) mass is 466 g/mol. The number of carbonyl (C=O) groups is 2. The van der Waals surface area contributed by atoms with Crippen molar-refractivity contribution in [2.24, 2.45) is 0 Å². The number of rotatable bonds is 7. The molecule has 8 nitrogen and oxygen atoms in total. The van der Waals surface area contributed by atoms with Crippen molar-refractivity contribution in [3.05, 3.63) is 70.3 Å². The van der Waals surface area contributed by atoms with Gasteiger partial charge in [0.1, 0.15) is 12.4 Å². The molecule has 180 valence electrons. The van der Waals surface area contributed by atoms with E-state index < -0.39 is 11.9 Å². The summed E-state index contributed by atoms with van der Waals surface area (Å²) in [4.78, 5) is 30.2. The van der Waals surface area contributed by atoms with E-state index in [1.54, 1.807) is 12.2 Å². The van der Waals surface area contributed by atoms with Crippen LogP contribution in [0, 0.1) is 6.92 Å². The summed E-state index contributed by atoms with van der Waals surface area (Å²) in [5.41, 5.74) is 7.14. The second kappa shape index (κ2) is 10.7. The summed E-state index contributed by atoms with van der Waals surface area (Å²) in [6, 6.07) is 10.6. The molecule has 0 aliphatic carbocycles. The van der Waals surface area contributed by atoms with E-state index >= 15 is 0 Å². The number of carbonyl (C=O) groups excluding carboxylic acids is 1. The molecular weight excluding hydrogens is 436 g/mol. The molecule has 4 rings (SSSR count). The summed E-state index contributed by atoms with van der Waals surface area (Å²) in [5, 5.41) is 10.3. The molecule has 2 aromatic carbocycles. The lowest BCUT2D eigenvalue weighted by Gasteiger charge is -2.34. The molecule has 0 bridgehead atoms. The molecule has 0 fully saturated rings. The molecule has 34 heavy (non-hydrogen) atoms. The van der Waals surface area contributed by atoms with Gasteiger partial charge in [-0.1, -0.05) is 24.3 Å². The molecule has 8 heteroatoms. The van der Waals surface area contributed by atoms with Crippen LogP contribution < -0.4 is 9.64 Å². The van der Waals surface area contributed by atoms with Crippen LogP contribution in [0.5, 0.6) is 5.75 Å². The third-order valence-corrected chi connectivity index (χ3v) is 6.17. The van der Waals surface area contributed by atoms with Crippen molar-refractivity contribution >= 4 is 17.6 Å². The van der Waals surface area contributed by atoms with Crippen LogP contribution in [0.2, 0.25) is 0 Å². The summed E-state index contributed by atoms with van der Waals surface area (Å²) in [5.74, 6) is -0.976. The highest BCUT2D eigenvalue weighted by Gasteiger charge is 2.27. The van der Waals surface area contributed by atoms with E-state index in [1.807, 2.05) is 0 Å². The van der Waals surface area contributed by atoms with E-state index in [1.165, 1.54) is 22.3 Å². The predicted molar refractivity (Wildman–Crippen MR) is 127 cm³/mol. The van der Waals surface area contributed by atoms with Crippen LogP contribution in [0.15, 0.2) is 42.5 Å². The Morgan fingerprint density at radius 3 is 2.71 bits per heavy atom. The van der Waals surface area contributed by atoms with Crippen molar-refractivity contribution in [1.29, 1.82) is 0 Å². The molecule has 2 heterocycles. The first-order valence-electron chi connectivity index (χ1n) is 11.4. The number of ether oxygens (including phenoxy) is 2. The van der Waals surface area contributed by atoms with E-state index in [9.17, 15) is 9.59 Å². The third kappa shape index (κ3) is 5.58. The van der Waals surface area contributed by atoms with Crippen molar-refractivity contribution in [2.75, 3.05) is 38.3 Å². The van der Waals surface area contributed by atoms with Gasteiger partial charge >= 0.3 is 11.9 Å². The average molecular weight is 467 g/mol. The van der Waals surface area contributed by atoms with Crippen LogP contribution in [0.4, 0.5) is 5.69 Å². The zero-order chi connectivity index (χ0) is 24.1. The second-order valence-electron chi connectivity index (χ2n) is 8.52. The van der Waals surface area contributed by atoms with E-state index in [2.05, 4.69) is 42.2 Å². The van der Waals surface area contributed by atoms with E-state index in [0.717, 1.165) is 48.7 Å². The molecule has 2 aliphatic rings. The normalized spacial score (nSPS) is 15.9. The van der Waals surface area contributed by atoms with Gasteiger partial charge in [-0.2, -0.15) is 0 Å². The highest BCUT2D eigenvalue weighted by Crippen LogP contribution is 2.40. The van der Waals surface area contributed by atoms with Gasteiger partial charge < -0.3 is 24.3 Å². The van der Waals surface area contributed by atoms with E-state index in [4.69, 9.17) is 19.4 Å². The topological polar surface area (TPSA) is 88.5 Å². The number of fused-ring (bicyclic) bond motifs is 2. The summed E-state index contributed by atoms with van der Waals surface area (Å²) in [7, 11) is 1.70. The summed E-state index contributed by atoms with van der Waals surface area (Å²) >= 11 is 0. The molecule has 0 unspecified atom stereocenters. The maximum absolute atomic E-state index is 11.9. The Bertz CT molecular complexity index is 1100. The Morgan fingerprint density at radius 1 is 1.12 bits per heavy atom. The van der Waals surface area contributed by atoms with Gasteiger partial charge in [-0.15, -0.1) is 5.06 Å². The van der Waals surface area contributed by atoms with Gasteiger partial charge in [0.25, 0.3) is 0 Å².